The van der Waals surface area contributed by atoms with Crippen molar-refractivity contribution in [1.82, 2.24) is 20.2 Å². The summed E-state index contributed by atoms with van der Waals surface area (Å²) in [6.07, 6.45) is 1.82. The molecule has 0 saturated heterocycles. The van der Waals surface area contributed by atoms with Crippen molar-refractivity contribution in [2.75, 3.05) is 6.54 Å². The molecule has 3 N–H and O–H groups in total. The Kier molecular flexibility index (Phi) is 8.15. The molecule has 2 bridgehead atoms. The van der Waals surface area contributed by atoms with Crippen molar-refractivity contribution in [3.8, 4) is 0 Å². The van der Waals surface area contributed by atoms with Crippen LogP contribution in [0, 0.1) is 11.8 Å². The number of carbonyl (C=O) groups excluding carboxylic acids is 3. The minimum Gasteiger partial charge on any atom is -0.349 e. The molecule has 1 amide bonds. The number of ketones is 2. The quantitative estimate of drug-likeness (QED) is 0.521. The molecule has 3 rings (SSSR count). The van der Waals surface area contributed by atoms with E-state index in [2.05, 4.69) is 20.2 Å². The third kappa shape index (κ3) is 6.58. The van der Waals surface area contributed by atoms with Gasteiger partial charge in [0.1, 0.15) is 0 Å². The Hall–Kier alpha value is -2.85. The van der Waals surface area contributed by atoms with Crippen LogP contribution in [0.5, 0.6) is 0 Å². The standard InChI is InChI=1S/C23H30N4O5S/c1-15(2)21(27-33(31,32)19-8-4-3-5-9-19)20(28)13-16-10-11-18-14-17(25-26-18)7-6-12-24-23(30)22(16)29/h3-5,8-9,14-16,21,27H,6-7,10-13H2,1-2H3,(H,24,30)(H,25,26). The van der Waals surface area contributed by atoms with E-state index in [0.29, 0.717) is 25.8 Å². The molecule has 10 heteroatoms. The van der Waals surface area contributed by atoms with E-state index < -0.39 is 39.5 Å². The van der Waals surface area contributed by atoms with Crippen LogP contribution < -0.4 is 10.0 Å². The number of rotatable bonds is 7. The SMILES string of the molecule is CC(C)C(NS(=O)(=O)c1ccccc1)C(=O)CC1CCc2cc([nH]n2)CCCNC(=O)C1=O. The molecular formula is C23H30N4O5S. The van der Waals surface area contributed by atoms with Gasteiger partial charge < -0.3 is 5.32 Å². The predicted molar refractivity (Wildman–Crippen MR) is 122 cm³/mol. The van der Waals surface area contributed by atoms with E-state index in [-0.39, 0.29) is 23.7 Å². The van der Waals surface area contributed by atoms with Gasteiger partial charge in [-0.15, -0.1) is 0 Å². The summed E-state index contributed by atoms with van der Waals surface area (Å²) in [5, 5.41) is 9.82. The van der Waals surface area contributed by atoms with Gasteiger partial charge in [-0.1, -0.05) is 32.0 Å². The second-order valence-corrected chi connectivity index (χ2v) is 10.4. The number of sulfonamides is 1. The first-order chi connectivity index (χ1) is 15.7. The van der Waals surface area contributed by atoms with E-state index >= 15 is 0 Å². The average molecular weight is 475 g/mol. The lowest BCUT2D eigenvalue weighted by Crippen LogP contribution is -2.46. The van der Waals surface area contributed by atoms with E-state index in [4.69, 9.17) is 0 Å². The lowest BCUT2D eigenvalue weighted by molar-refractivity contribution is -0.141. The van der Waals surface area contributed by atoms with Crippen LogP contribution >= 0.6 is 0 Å². The van der Waals surface area contributed by atoms with Gasteiger partial charge in [0, 0.05) is 24.6 Å². The van der Waals surface area contributed by atoms with E-state index in [9.17, 15) is 22.8 Å². The van der Waals surface area contributed by atoms with Gasteiger partial charge in [-0.05, 0) is 49.8 Å². The van der Waals surface area contributed by atoms with Gasteiger partial charge in [0.25, 0.3) is 5.91 Å². The second kappa shape index (κ2) is 10.8. The highest BCUT2D eigenvalue weighted by molar-refractivity contribution is 7.89. The number of benzene rings is 1. The summed E-state index contributed by atoms with van der Waals surface area (Å²) in [6, 6.07) is 8.70. The molecule has 0 saturated carbocycles. The highest BCUT2D eigenvalue weighted by Gasteiger charge is 2.33. The minimum absolute atomic E-state index is 0.0549. The fourth-order valence-corrected chi connectivity index (χ4v) is 5.23. The zero-order chi connectivity index (χ0) is 24.0. The van der Waals surface area contributed by atoms with Crippen molar-refractivity contribution in [1.29, 1.82) is 0 Å². The number of fused-ring (bicyclic) bond motifs is 2. The van der Waals surface area contributed by atoms with Crippen molar-refractivity contribution in [3.05, 3.63) is 47.8 Å². The molecule has 0 spiro atoms. The molecule has 2 unspecified atom stereocenters. The summed E-state index contributed by atoms with van der Waals surface area (Å²) in [6.45, 7) is 3.80. The van der Waals surface area contributed by atoms with Crippen LogP contribution in [0.4, 0.5) is 0 Å². The third-order valence-corrected chi connectivity index (χ3v) is 7.19. The lowest BCUT2D eigenvalue weighted by atomic mass is 9.87. The van der Waals surface area contributed by atoms with Gasteiger partial charge in [0.15, 0.2) is 5.78 Å². The van der Waals surface area contributed by atoms with Gasteiger partial charge >= 0.3 is 0 Å². The summed E-state index contributed by atoms with van der Waals surface area (Å²) in [4.78, 5) is 38.4. The molecule has 1 aromatic heterocycles. The number of amides is 1. The first-order valence-corrected chi connectivity index (χ1v) is 12.6. The van der Waals surface area contributed by atoms with Gasteiger partial charge in [0.05, 0.1) is 16.6 Å². The highest BCUT2D eigenvalue weighted by Crippen LogP contribution is 2.20. The van der Waals surface area contributed by atoms with E-state index in [0.717, 1.165) is 11.4 Å². The molecule has 1 aliphatic heterocycles. The zero-order valence-electron chi connectivity index (χ0n) is 18.8. The summed E-state index contributed by atoms with van der Waals surface area (Å²) in [5.74, 6) is -3.01. The fraction of sp³-hybridized carbons (Fsp3) is 0.478. The van der Waals surface area contributed by atoms with Crippen LogP contribution in [0.2, 0.25) is 0 Å². The van der Waals surface area contributed by atoms with Crippen molar-refractivity contribution in [2.45, 2.75) is 56.9 Å². The van der Waals surface area contributed by atoms with Crippen LogP contribution in [0.15, 0.2) is 41.3 Å². The van der Waals surface area contributed by atoms with Gasteiger partial charge in [-0.25, -0.2) is 13.1 Å². The fourth-order valence-electron chi connectivity index (χ4n) is 3.84. The molecular weight excluding hydrogens is 444 g/mol. The summed E-state index contributed by atoms with van der Waals surface area (Å²) >= 11 is 0. The Bertz CT molecular complexity index is 1100. The van der Waals surface area contributed by atoms with Gasteiger partial charge in [-0.2, -0.15) is 5.10 Å². The van der Waals surface area contributed by atoms with E-state index in [1.165, 1.54) is 12.1 Å². The van der Waals surface area contributed by atoms with Crippen LogP contribution in [0.25, 0.3) is 0 Å². The number of aryl methyl sites for hydroxylation is 2. The van der Waals surface area contributed by atoms with Crippen LogP contribution in [-0.2, 0) is 37.2 Å². The Balaban J connectivity index is 1.78. The number of Topliss-reactive ketones (excluding diaryl/α,β-unsaturated/α-hetero) is 2. The van der Waals surface area contributed by atoms with Crippen LogP contribution in [-0.4, -0.2) is 48.7 Å². The number of aromatic amines is 1. The minimum atomic E-state index is -3.92. The number of hydrogen-bond acceptors (Lipinski definition) is 6. The first kappa shape index (κ1) is 24.8. The molecule has 2 atom stereocenters. The second-order valence-electron chi connectivity index (χ2n) is 8.67. The van der Waals surface area contributed by atoms with Gasteiger partial charge in [-0.3, -0.25) is 19.5 Å². The van der Waals surface area contributed by atoms with Crippen molar-refractivity contribution in [3.63, 3.8) is 0 Å². The molecule has 2 aromatic rings. The van der Waals surface area contributed by atoms with Crippen LogP contribution in [0.1, 0.15) is 44.5 Å². The smallest absolute Gasteiger partial charge is 0.287 e. The molecule has 33 heavy (non-hydrogen) atoms. The van der Waals surface area contributed by atoms with Crippen molar-refractivity contribution < 1.29 is 22.8 Å². The first-order valence-electron chi connectivity index (χ1n) is 11.1. The van der Waals surface area contributed by atoms with E-state index in [1.807, 2.05) is 6.07 Å². The van der Waals surface area contributed by atoms with E-state index in [1.54, 1.807) is 32.0 Å². The summed E-state index contributed by atoms with van der Waals surface area (Å²) in [7, 11) is -3.92. The predicted octanol–water partition coefficient (Wildman–Crippen LogP) is 1.55. The number of carbonyl (C=O) groups is 3. The molecule has 0 aliphatic carbocycles. The topological polar surface area (TPSA) is 138 Å². The van der Waals surface area contributed by atoms with Crippen molar-refractivity contribution >= 4 is 27.5 Å². The largest absolute Gasteiger partial charge is 0.349 e. The maximum absolute atomic E-state index is 13.2. The number of hydrogen-bond donors (Lipinski definition) is 3. The van der Waals surface area contributed by atoms with Crippen molar-refractivity contribution in [2.24, 2.45) is 11.8 Å². The lowest BCUT2D eigenvalue weighted by Gasteiger charge is -2.23. The Labute approximate surface area is 193 Å². The normalized spacial score (nSPS) is 18.8. The summed E-state index contributed by atoms with van der Waals surface area (Å²) < 4.78 is 28.0. The molecule has 9 nitrogen and oxygen atoms in total. The maximum Gasteiger partial charge on any atom is 0.287 e. The molecule has 1 aromatic carbocycles. The number of aromatic nitrogens is 2. The Morgan fingerprint density at radius 1 is 1.18 bits per heavy atom. The average Bonchev–Trinajstić information content (AvgIpc) is 3.24. The number of nitrogens with zero attached hydrogens (tertiary/aromatic N) is 1. The summed E-state index contributed by atoms with van der Waals surface area (Å²) in [5.41, 5.74) is 1.72. The number of nitrogens with one attached hydrogen (secondary N) is 3. The zero-order valence-corrected chi connectivity index (χ0v) is 19.7. The Morgan fingerprint density at radius 2 is 1.91 bits per heavy atom. The Morgan fingerprint density at radius 3 is 2.61 bits per heavy atom. The van der Waals surface area contributed by atoms with Gasteiger partial charge in [0.2, 0.25) is 15.8 Å². The number of H-pyrrole nitrogens is 1. The molecule has 2 heterocycles. The molecule has 178 valence electrons. The van der Waals surface area contributed by atoms with Crippen LogP contribution in [0.3, 0.4) is 0 Å². The molecule has 0 fully saturated rings. The maximum atomic E-state index is 13.2. The monoisotopic (exact) mass is 474 g/mol. The highest BCUT2D eigenvalue weighted by atomic mass is 32.2. The molecule has 0 radical (unpaired) electrons. The molecule has 1 aliphatic rings. The third-order valence-electron chi connectivity index (χ3n) is 5.73.